The molecule has 0 amide bonds. The Morgan fingerprint density at radius 2 is 1.91 bits per heavy atom. The maximum Gasteiger partial charge on any atom is 0.217 e. The molecule has 0 saturated carbocycles. The number of carbonyl (C=O) groups excluding carboxylic acids is 1. The number of Topliss-reactive ketones (excluding diaryl/α,β-unsaturated/α-hetero) is 1. The topological polar surface area (TPSA) is 115 Å². The number of aromatic nitrogens is 8. The Bertz CT molecular complexity index is 1170. The minimum absolute atomic E-state index is 0.00920. The van der Waals surface area contributed by atoms with Crippen LogP contribution < -0.4 is 0 Å². The molecule has 3 aromatic heterocycles. The molecule has 0 unspecified atom stereocenters. The number of ketones is 1. The monoisotopic (exact) mass is 430 g/mol. The number of hydrogen-bond acceptors (Lipinski definition) is 7. The summed E-state index contributed by atoms with van der Waals surface area (Å²) in [5.74, 6) is 1.71. The number of aryl methyl sites for hydroxylation is 1. The largest absolute Gasteiger partial charge is 0.291 e. The molecule has 0 bridgehead atoms. The van der Waals surface area contributed by atoms with E-state index in [4.69, 9.17) is 0 Å². The summed E-state index contributed by atoms with van der Waals surface area (Å²) in [4.78, 5) is 21.6. The Morgan fingerprint density at radius 3 is 2.59 bits per heavy atom. The molecule has 1 aromatic carbocycles. The lowest BCUT2D eigenvalue weighted by molar-refractivity contribution is 0.0969. The van der Waals surface area contributed by atoms with Crippen molar-refractivity contribution in [3.05, 3.63) is 59.8 Å². The van der Waals surface area contributed by atoms with E-state index in [2.05, 4.69) is 49.5 Å². The molecule has 32 heavy (non-hydrogen) atoms. The molecule has 9 nitrogen and oxygen atoms in total. The van der Waals surface area contributed by atoms with E-state index in [0.29, 0.717) is 24.5 Å². The molecule has 4 rings (SSSR count). The van der Waals surface area contributed by atoms with Gasteiger partial charge in [0.2, 0.25) is 11.6 Å². The van der Waals surface area contributed by atoms with Crippen molar-refractivity contribution in [1.82, 2.24) is 40.4 Å². The second-order valence-corrected chi connectivity index (χ2v) is 7.63. The molecule has 164 valence electrons. The molecule has 0 spiro atoms. The van der Waals surface area contributed by atoms with Crippen molar-refractivity contribution in [3.8, 4) is 22.6 Å². The van der Waals surface area contributed by atoms with Gasteiger partial charge in [-0.15, -0.1) is 10.2 Å². The van der Waals surface area contributed by atoms with Gasteiger partial charge in [0.1, 0.15) is 5.82 Å². The van der Waals surface area contributed by atoms with Gasteiger partial charge in [0.25, 0.3) is 0 Å². The van der Waals surface area contributed by atoms with Crippen molar-refractivity contribution < 1.29 is 4.79 Å². The standard InChI is InChI=1S/C23H26N8O/c1-3-5-10-20(32)23-25-21(31(28-23)13-4-2)14-16-11-12-19(24-15-16)17-8-6-7-9-18(17)22-26-29-30-27-22/h6-9,11-12,15H,3-5,10,13-14H2,1-2H3,(H,26,27,29,30). The van der Waals surface area contributed by atoms with Crippen molar-refractivity contribution in [2.75, 3.05) is 0 Å². The zero-order valence-corrected chi connectivity index (χ0v) is 18.3. The minimum Gasteiger partial charge on any atom is -0.291 e. The number of nitrogens with zero attached hydrogens (tertiary/aromatic N) is 7. The van der Waals surface area contributed by atoms with Gasteiger partial charge in [0, 0.05) is 36.7 Å². The number of nitrogens with one attached hydrogen (secondary N) is 1. The van der Waals surface area contributed by atoms with Gasteiger partial charge in [-0.05, 0) is 34.9 Å². The average Bonchev–Trinajstić information content (AvgIpc) is 3.49. The predicted molar refractivity (Wildman–Crippen MR) is 120 cm³/mol. The third-order valence-corrected chi connectivity index (χ3v) is 5.18. The van der Waals surface area contributed by atoms with E-state index in [0.717, 1.165) is 54.0 Å². The zero-order chi connectivity index (χ0) is 22.3. The molecule has 0 aliphatic heterocycles. The summed E-state index contributed by atoms with van der Waals surface area (Å²) in [6.45, 7) is 4.88. The van der Waals surface area contributed by atoms with Crippen LogP contribution in [0.25, 0.3) is 22.6 Å². The number of aromatic amines is 1. The van der Waals surface area contributed by atoms with E-state index in [9.17, 15) is 4.79 Å². The normalized spacial score (nSPS) is 11.1. The first-order chi connectivity index (χ1) is 15.7. The Hall–Kier alpha value is -3.75. The van der Waals surface area contributed by atoms with Crippen molar-refractivity contribution in [2.45, 2.75) is 52.5 Å². The molecule has 0 saturated heterocycles. The van der Waals surface area contributed by atoms with Crippen LogP contribution in [0.15, 0.2) is 42.6 Å². The van der Waals surface area contributed by atoms with Gasteiger partial charge in [-0.3, -0.25) is 9.78 Å². The van der Waals surface area contributed by atoms with Crippen LogP contribution in [0.2, 0.25) is 0 Å². The molecule has 4 aromatic rings. The van der Waals surface area contributed by atoms with E-state index < -0.39 is 0 Å². The van der Waals surface area contributed by atoms with Crippen LogP contribution in [0.5, 0.6) is 0 Å². The Kier molecular flexibility index (Phi) is 6.74. The molecule has 0 aliphatic carbocycles. The van der Waals surface area contributed by atoms with Crippen LogP contribution >= 0.6 is 0 Å². The summed E-state index contributed by atoms with van der Waals surface area (Å²) in [6.07, 6.45) is 5.64. The number of pyridine rings is 1. The number of hydrogen-bond donors (Lipinski definition) is 1. The third-order valence-electron chi connectivity index (χ3n) is 5.18. The van der Waals surface area contributed by atoms with Crippen LogP contribution in [0, 0.1) is 0 Å². The molecule has 0 radical (unpaired) electrons. The molecular formula is C23H26N8O. The second-order valence-electron chi connectivity index (χ2n) is 7.63. The fraction of sp³-hybridized carbons (Fsp3) is 0.348. The smallest absolute Gasteiger partial charge is 0.217 e. The number of benzene rings is 1. The van der Waals surface area contributed by atoms with E-state index in [1.165, 1.54) is 0 Å². The Morgan fingerprint density at radius 1 is 1.06 bits per heavy atom. The highest BCUT2D eigenvalue weighted by Crippen LogP contribution is 2.28. The van der Waals surface area contributed by atoms with Crippen molar-refractivity contribution in [3.63, 3.8) is 0 Å². The summed E-state index contributed by atoms with van der Waals surface area (Å²) < 4.78 is 1.85. The highest BCUT2D eigenvalue weighted by atomic mass is 16.1. The molecule has 0 atom stereocenters. The van der Waals surface area contributed by atoms with E-state index in [-0.39, 0.29) is 5.78 Å². The van der Waals surface area contributed by atoms with Gasteiger partial charge in [-0.25, -0.2) is 14.8 Å². The Balaban J connectivity index is 1.56. The molecule has 9 heteroatoms. The lowest BCUT2D eigenvalue weighted by atomic mass is 10.0. The van der Waals surface area contributed by atoms with E-state index in [1.807, 2.05) is 47.3 Å². The highest BCUT2D eigenvalue weighted by molar-refractivity contribution is 5.92. The summed E-state index contributed by atoms with van der Waals surface area (Å²) in [7, 11) is 0. The lowest BCUT2D eigenvalue weighted by Gasteiger charge is -2.08. The van der Waals surface area contributed by atoms with Crippen LogP contribution in [0.1, 0.15) is 61.5 Å². The van der Waals surface area contributed by atoms with E-state index >= 15 is 0 Å². The average molecular weight is 431 g/mol. The zero-order valence-electron chi connectivity index (χ0n) is 18.3. The Labute approximate surface area is 186 Å². The van der Waals surface area contributed by atoms with Gasteiger partial charge in [0.15, 0.2) is 5.82 Å². The minimum atomic E-state index is 0.00920. The van der Waals surface area contributed by atoms with Crippen LogP contribution in [-0.2, 0) is 13.0 Å². The van der Waals surface area contributed by atoms with Crippen molar-refractivity contribution in [2.24, 2.45) is 0 Å². The fourth-order valence-electron chi connectivity index (χ4n) is 3.52. The third kappa shape index (κ3) is 4.77. The summed E-state index contributed by atoms with van der Waals surface area (Å²) >= 11 is 0. The van der Waals surface area contributed by atoms with Crippen LogP contribution in [0.4, 0.5) is 0 Å². The molecule has 3 heterocycles. The first-order valence-electron chi connectivity index (χ1n) is 10.9. The van der Waals surface area contributed by atoms with E-state index in [1.54, 1.807) is 0 Å². The molecular weight excluding hydrogens is 404 g/mol. The molecule has 0 fully saturated rings. The molecule has 0 aliphatic rings. The van der Waals surface area contributed by atoms with Crippen LogP contribution in [-0.4, -0.2) is 46.2 Å². The maximum atomic E-state index is 12.4. The number of H-pyrrole nitrogens is 1. The summed E-state index contributed by atoms with van der Waals surface area (Å²) in [5.41, 5.74) is 3.65. The van der Waals surface area contributed by atoms with Gasteiger partial charge < -0.3 is 0 Å². The van der Waals surface area contributed by atoms with Gasteiger partial charge in [0.05, 0.1) is 5.69 Å². The van der Waals surface area contributed by atoms with Gasteiger partial charge >= 0.3 is 0 Å². The quantitative estimate of drug-likeness (QED) is 0.379. The van der Waals surface area contributed by atoms with Crippen molar-refractivity contribution in [1.29, 1.82) is 0 Å². The van der Waals surface area contributed by atoms with Gasteiger partial charge in [-0.1, -0.05) is 50.6 Å². The number of rotatable bonds is 10. The SMILES string of the molecule is CCCCC(=O)c1nc(Cc2ccc(-c3ccccc3-c3nnn[nH]3)nc2)n(CCC)n1. The van der Waals surface area contributed by atoms with Crippen molar-refractivity contribution >= 4 is 5.78 Å². The molecule has 1 N–H and O–H groups in total. The highest BCUT2D eigenvalue weighted by Gasteiger charge is 2.17. The first-order valence-corrected chi connectivity index (χ1v) is 10.9. The number of carbonyl (C=O) groups is 1. The lowest BCUT2D eigenvalue weighted by Crippen LogP contribution is -2.07. The number of unbranched alkanes of at least 4 members (excludes halogenated alkanes) is 1. The van der Waals surface area contributed by atoms with Gasteiger partial charge in [-0.2, -0.15) is 0 Å². The predicted octanol–water partition coefficient (Wildman–Crippen LogP) is 3.89. The second kappa shape index (κ2) is 10.0. The fourth-order valence-corrected chi connectivity index (χ4v) is 3.52. The number of tetrazole rings is 1. The summed E-state index contributed by atoms with van der Waals surface area (Å²) in [6, 6.07) is 11.9. The van der Waals surface area contributed by atoms with Crippen LogP contribution in [0.3, 0.4) is 0 Å². The summed E-state index contributed by atoms with van der Waals surface area (Å²) in [5, 5.41) is 18.6. The first kappa shape index (κ1) is 21.5. The maximum absolute atomic E-state index is 12.4.